The molecule has 0 aliphatic carbocycles. The lowest BCUT2D eigenvalue weighted by Crippen LogP contribution is -2.27. The Balaban J connectivity index is 2.09. The summed E-state index contributed by atoms with van der Waals surface area (Å²) in [5.74, 6) is -0.282. The second-order valence-electron chi connectivity index (χ2n) is 3.49. The van der Waals surface area contributed by atoms with E-state index >= 15 is 0 Å². The molecule has 0 N–H and O–H groups in total. The van der Waals surface area contributed by atoms with Crippen molar-refractivity contribution in [2.45, 2.75) is 13.5 Å². The first kappa shape index (κ1) is 11.3. The van der Waals surface area contributed by atoms with Crippen LogP contribution >= 0.6 is 0 Å². The van der Waals surface area contributed by atoms with Crippen molar-refractivity contribution < 1.29 is 14.1 Å². The van der Waals surface area contributed by atoms with Crippen LogP contribution < -0.4 is 4.57 Å². The molecule has 17 heavy (non-hydrogen) atoms. The van der Waals surface area contributed by atoms with Gasteiger partial charge in [-0.05, 0) is 19.1 Å². The van der Waals surface area contributed by atoms with Crippen molar-refractivity contribution >= 4 is 5.97 Å². The molecule has 0 spiro atoms. The van der Waals surface area contributed by atoms with E-state index in [1.165, 1.54) is 0 Å². The van der Waals surface area contributed by atoms with Gasteiger partial charge in [0, 0.05) is 5.10 Å². The molecule has 5 heteroatoms. The van der Waals surface area contributed by atoms with Crippen LogP contribution in [0.1, 0.15) is 6.92 Å². The molecule has 0 bridgehead atoms. The predicted molar refractivity (Wildman–Crippen MR) is 60.4 cm³/mol. The van der Waals surface area contributed by atoms with Crippen LogP contribution in [0.15, 0.2) is 43.0 Å². The lowest BCUT2D eigenvalue weighted by Gasteiger charge is -1.96. The van der Waals surface area contributed by atoms with E-state index in [0.717, 1.165) is 5.69 Å². The fraction of sp³-hybridized carbons (Fsp3) is 0.250. The number of carbonyl (C=O) groups excluding carboxylic acids is 1. The van der Waals surface area contributed by atoms with Crippen molar-refractivity contribution in [1.82, 2.24) is 9.78 Å². The molecule has 88 valence electrons. The van der Waals surface area contributed by atoms with Gasteiger partial charge < -0.3 is 4.74 Å². The highest BCUT2D eigenvalue weighted by atomic mass is 16.5. The minimum absolute atomic E-state index is 0.133. The highest BCUT2D eigenvalue weighted by Gasteiger charge is 2.12. The Kier molecular flexibility index (Phi) is 3.49. The van der Waals surface area contributed by atoms with Crippen LogP contribution in [0, 0.1) is 0 Å². The molecule has 0 saturated carbocycles. The first-order chi connectivity index (χ1) is 8.29. The lowest BCUT2D eigenvalue weighted by atomic mass is 10.3. The van der Waals surface area contributed by atoms with Crippen molar-refractivity contribution in [2.24, 2.45) is 0 Å². The fourth-order valence-electron chi connectivity index (χ4n) is 1.48. The molecular formula is C12H14N3O2+. The summed E-state index contributed by atoms with van der Waals surface area (Å²) in [6.07, 6.45) is 3.42. The van der Waals surface area contributed by atoms with Gasteiger partial charge in [0.1, 0.15) is 5.69 Å². The number of para-hydroxylation sites is 1. The fourth-order valence-corrected chi connectivity index (χ4v) is 1.48. The van der Waals surface area contributed by atoms with Gasteiger partial charge in [0.2, 0.25) is 12.9 Å². The van der Waals surface area contributed by atoms with Crippen molar-refractivity contribution in [3.63, 3.8) is 0 Å². The van der Waals surface area contributed by atoms with E-state index < -0.39 is 0 Å². The van der Waals surface area contributed by atoms with Crippen LogP contribution in [0.5, 0.6) is 0 Å². The molecule has 1 heterocycles. The van der Waals surface area contributed by atoms with Gasteiger partial charge in [0.05, 0.1) is 6.61 Å². The summed E-state index contributed by atoms with van der Waals surface area (Å²) in [7, 11) is 0. The van der Waals surface area contributed by atoms with E-state index in [1.807, 2.05) is 34.9 Å². The standard InChI is InChI=1S/C12H14N3O2/c1-2-17-12(16)8-15-10-14(9-13-15)11-6-4-3-5-7-11/h3-7,9-10H,2,8H2,1H3/q+1. The topological polar surface area (TPSA) is 48.0 Å². The Morgan fingerprint density at radius 1 is 1.41 bits per heavy atom. The average molecular weight is 232 g/mol. The largest absolute Gasteiger partial charge is 0.464 e. The van der Waals surface area contributed by atoms with Gasteiger partial charge in [0.25, 0.3) is 6.33 Å². The molecule has 0 amide bonds. The third-order valence-corrected chi connectivity index (χ3v) is 2.23. The van der Waals surface area contributed by atoms with Gasteiger partial charge in [-0.1, -0.05) is 18.2 Å². The number of hydrogen-bond acceptors (Lipinski definition) is 3. The Morgan fingerprint density at radius 3 is 2.88 bits per heavy atom. The Hall–Kier alpha value is -2.17. The molecule has 0 saturated heterocycles. The number of nitrogens with zero attached hydrogens (tertiary/aromatic N) is 3. The summed E-state index contributed by atoms with van der Waals surface area (Å²) in [5.41, 5.74) is 1.00. The maximum atomic E-state index is 11.3. The molecule has 1 aromatic carbocycles. The number of ether oxygens (including phenoxy) is 1. The van der Waals surface area contributed by atoms with E-state index in [2.05, 4.69) is 5.10 Å². The molecule has 2 rings (SSSR count). The minimum Gasteiger partial charge on any atom is -0.464 e. The van der Waals surface area contributed by atoms with Crippen molar-refractivity contribution in [3.8, 4) is 5.69 Å². The third kappa shape index (κ3) is 2.90. The van der Waals surface area contributed by atoms with Crippen LogP contribution in [0.3, 0.4) is 0 Å². The first-order valence-electron chi connectivity index (χ1n) is 5.44. The molecule has 5 nitrogen and oxygen atoms in total. The van der Waals surface area contributed by atoms with E-state index in [0.29, 0.717) is 6.61 Å². The first-order valence-corrected chi connectivity index (χ1v) is 5.44. The molecule has 0 fully saturated rings. The third-order valence-electron chi connectivity index (χ3n) is 2.23. The Labute approximate surface area is 99.3 Å². The number of benzene rings is 1. The highest BCUT2D eigenvalue weighted by Crippen LogP contribution is 1.96. The van der Waals surface area contributed by atoms with Crippen molar-refractivity contribution in [3.05, 3.63) is 43.0 Å². The molecule has 2 aromatic rings. The average Bonchev–Trinajstić information content (AvgIpc) is 2.79. The highest BCUT2D eigenvalue weighted by molar-refractivity contribution is 5.68. The number of carbonyl (C=O) groups is 1. The van der Waals surface area contributed by atoms with Gasteiger partial charge in [0.15, 0.2) is 0 Å². The zero-order chi connectivity index (χ0) is 12.1. The van der Waals surface area contributed by atoms with Crippen LogP contribution in [0.2, 0.25) is 0 Å². The Morgan fingerprint density at radius 2 is 2.18 bits per heavy atom. The molecule has 0 atom stereocenters. The van der Waals surface area contributed by atoms with Gasteiger partial charge in [-0.25, -0.2) is 9.36 Å². The summed E-state index contributed by atoms with van der Waals surface area (Å²) in [4.78, 5) is 11.3. The number of esters is 1. The summed E-state index contributed by atoms with van der Waals surface area (Å²) in [6.45, 7) is 2.30. The molecule has 0 unspecified atom stereocenters. The van der Waals surface area contributed by atoms with E-state index in [1.54, 1.807) is 24.3 Å². The zero-order valence-corrected chi connectivity index (χ0v) is 9.61. The van der Waals surface area contributed by atoms with Crippen LogP contribution in [0.4, 0.5) is 0 Å². The maximum Gasteiger partial charge on any atom is 0.344 e. The van der Waals surface area contributed by atoms with E-state index in [4.69, 9.17) is 4.74 Å². The molecule has 0 radical (unpaired) electrons. The minimum atomic E-state index is -0.282. The van der Waals surface area contributed by atoms with Crippen molar-refractivity contribution in [2.75, 3.05) is 6.61 Å². The summed E-state index contributed by atoms with van der Waals surface area (Å²) in [5, 5.41) is 4.09. The van der Waals surface area contributed by atoms with E-state index in [-0.39, 0.29) is 12.5 Å². The summed E-state index contributed by atoms with van der Waals surface area (Å²) in [6, 6.07) is 9.79. The summed E-state index contributed by atoms with van der Waals surface area (Å²) >= 11 is 0. The maximum absolute atomic E-state index is 11.3. The zero-order valence-electron chi connectivity index (χ0n) is 9.61. The molecule has 0 aliphatic rings. The predicted octanol–water partition coefficient (Wildman–Crippen LogP) is 0.723. The molecule has 0 aliphatic heterocycles. The smallest absolute Gasteiger partial charge is 0.344 e. The van der Waals surface area contributed by atoms with E-state index in [9.17, 15) is 4.79 Å². The van der Waals surface area contributed by atoms with Crippen molar-refractivity contribution in [1.29, 1.82) is 0 Å². The number of hydrogen-bond donors (Lipinski definition) is 0. The number of aromatic nitrogens is 3. The molecule has 1 aromatic heterocycles. The Bertz CT molecular complexity index is 493. The van der Waals surface area contributed by atoms with Gasteiger partial charge in [-0.3, -0.25) is 0 Å². The monoisotopic (exact) mass is 232 g/mol. The van der Waals surface area contributed by atoms with Crippen LogP contribution in [0.25, 0.3) is 5.69 Å². The van der Waals surface area contributed by atoms with Gasteiger partial charge in [-0.2, -0.15) is 0 Å². The lowest BCUT2D eigenvalue weighted by molar-refractivity contribution is -0.596. The van der Waals surface area contributed by atoms with Crippen LogP contribution in [-0.4, -0.2) is 22.4 Å². The normalized spacial score (nSPS) is 10.2. The number of rotatable bonds is 4. The SMILES string of the molecule is CCOC(=O)Cn1c[n+](-c2ccccc2)cn1. The quantitative estimate of drug-likeness (QED) is 0.576. The van der Waals surface area contributed by atoms with Crippen LogP contribution in [-0.2, 0) is 16.1 Å². The molecular weight excluding hydrogens is 218 g/mol. The van der Waals surface area contributed by atoms with Gasteiger partial charge in [-0.15, -0.1) is 4.68 Å². The second-order valence-corrected chi connectivity index (χ2v) is 3.49. The summed E-state index contributed by atoms with van der Waals surface area (Å²) < 4.78 is 8.24. The van der Waals surface area contributed by atoms with Gasteiger partial charge >= 0.3 is 5.97 Å². The second kappa shape index (κ2) is 5.25.